The third kappa shape index (κ3) is 7.19. The Bertz CT molecular complexity index is 937. The summed E-state index contributed by atoms with van der Waals surface area (Å²) in [5, 5.41) is 5.08. The van der Waals surface area contributed by atoms with Crippen molar-refractivity contribution in [2.45, 2.75) is 13.3 Å². The van der Waals surface area contributed by atoms with E-state index in [1.165, 1.54) is 0 Å². The van der Waals surface area contributed by atoms with Gasteiger partial charge in [-0.15, -0.1) is 0 Å². The van der Waals surface area contributed by atoms with Crippen molar-refractivity contribution < 1.29 is 22.8 Å². The summed E-state index contributed by atoms with van der Waals surface area (Å²) in [6.07, 6.45) is 0.679. The summed E-state index contributed by atoms with van der Waals surface area (Å²) >= 11 is 6.48. The fourth-order valence-corrected chi connectivity index (χ4v) is 6.44. The molecule has 0 bridgehead atoms. The van der Waals surface area contributed by atoms with Crippen molar-refractivity contribution in [1.82, 2.24) is 4.90 Å². The molecule has 0 spiro atoms. The maximum atomic E-state index is 13.8. The van der Waals surface area contributed by atoms with Crippen LogP contribution in [0.3, 0.4) is 0 Å². The van der Waals surface area contributed by atoms with Gasteiger partial charge in [-0.05, 0) is 105 Å². The highest BCUT2D eigenvalue weighted by molar-refractivity contribution is 14.1. The summed E-state index contributed by atoms with van der Waals surface area (Å²) in [5.41, 5.74) is 0.245. The highest BCUT2D eigenvalue weighted by Gasteiger charge is 2.19. The normalized spacial score (nSPS) is 10.9. The second-order valence-electron chi connectivity index (χ2n) is 6.27. The van der Waals surface area contributed by atoms with Crippen LogP contribution in [0, 0.1) is 28.2 Å². The van der Waals surface area contributed by atoms with Crippen LogP contribution in [0.1, 0.15) is 13.3 Å². The summed E-state index contributed by atoms with van der Waals surface area (Å²) < 4.78 is 42.9. The number of nitrogens with one attached hydrogen (secondary N) is 2. The Kier molecular flexibility index (Phi) is 10.1. The lowest BCUT2D eigenvalue weighted by atomic mass is 10.2. The second-order valence-corrected chi connectivity index (χ2v) is 9.84. The molecule has 2 rings (SSSR count). The lowest BCUT2D eigenvalue weighted by Crippen LogP contribution is -2.39. The van der Waals surface area contributed by atoms with Crippen LogP contribution in [0.15, 0.2) is 24.3 Å². The van der Waals surface area contributed by atoms with E-state index in [-0.39, 0.29) is 19.0 Å². The molecular weight excluding hydrogens is 740 g/mol. The molecule has 5 nitrogen and oxygen atoms in total. The molecule has 0 aromatic heterocycles. The van der Waals surface area contributed by atoms with E-state index in [0.717, 1.165) is 22.8 Å². The van der Waals surface area contributed by atoms with Crippen LogP contribution in [-0.2, 0) is 9.59 Å². The van der Waals surface area contributed by atoms with Gasteiger partial charge in [0, 0.05) is 10.7 Å². The van der Waals surface area contributed by atoms with Crippen molar-refractivity contribution in [3.8, 4) is 0 Å². The van der Waals surface area contributed by atoms with Gasteiger partial charge in [-0.1, -0.05) is 6.92 Å². The van der Waals surface area contributed by atoms with Gasteiger partial charge in [-0.2, -0.15) is 0 Å². The van der Waals surface area contributed by atoms with Crippen molar-refractivity contribution >= 4 is 91.0 Å². The SMILES string of the molecule is CCCN(CC(=O)Nc1ccc(F)c(F)c1F)CC(=O)Nc1c(I)cc(I)cc1I. The molecule has 162 valence electrons. The third-order valence-electron chi connectivity index (χ3n) is 3.85. The Hall–Kier alpha value is -0.680. The molecule has 0 atom stereocenters. The number of anilines is 2. The molecule has 2 N–H and O–H groups in total. The Morgan fingerprint density at radius 3 is 2.07 bits per heavy atom. The van der Waals surface area contributed by atoms with E-state index in [1.54, 1.807) is 4.90 Å². The van der Waals surface area contributed by atoms with Crippen LogP contribution < -0.4 is 10.6 Å². The van der Waals surface area contributed by atoms with E-state index in [0.29, 0.717) is 18.7 Å². The highest BCUT2D eigenvalue weighted by Crippen LogP contribution is 2.27. The van der Waals surface area contributed by atoms with E-state index in [2.05, 4.69) is 78.4 Å². The minimum Gasteiger partial charge on any atom is -0.323 e. The molecule has 2 aromatic carbocycles. The molecule has 0 fully saturated rings. The van der Waals surface area contributed by atoms with E-state index in [1.807, 2.05) is 19.1 Å². The van der Waals surface area contributed by atoms with E-state index < -0.39 is 29.0 Å². The Morgan fingerprint density at radius 2 is 1.50 bits per heavy atom. The average Bonchev–Trinajstić information content (AvgIpc) is 2.65. The molecule has 0 heterocycles. The summed E-state index contributed by atoms with van der Waals surface area (Å²) in [5.74, 6) is -5.40. The first kappa shape index (κ1) is 25.6. The molecule has 0 aliphatic heterocycles. The van der Waals surface area contributed by atoms with Crippen molar-refractivity contribution in [2.75, 3.05) is 30.3 Å². The molecule has 11 heteroatoms. The lowest BCUT2D eigenvalue weighted by molar-refractivity contribution is -0.120. The molecule has 0 unspecified atom stereocenters. The highest BCUT2D eigenvalue weighted by atomic mass is 127. The van der Waals surface area contributed by atoms with Crippen molar-refractivity contribution in [2.24, 2.45) is 0 Å². The predicted molar refractivity (Wildman–Crippen MR) is 135 cm³/mol. The van der Waals surface area contributed by atoms with Crippen LogP contribution in [0.25, 0.3) is 0 Å². The third-order valence-corrected chi connectivity index (χ3v) is 6.18. The van der Waals surface area contributed by atoms with Gasteiger partial charge in [0.2, 0.25) is 11.8 Å². The molecule has 0 saturated heterocycles. The Balaban J connectivity index is 2.03. The zero-order valence-corrected chi connectivity index (χ0v) is 22.1. The number of benzene rings is 2. The van der Waals surface area contributed by atoms with Gasteiger partial charge in [0.1, 0.15) is 0 Å². The average molecular weight is 757 g/mol. The minimum absolute atomic E-state index is 0.0559. The maximum Gasteiger partial charge on any atom is 0.238 e. The number of carbonyl (C=O) groups excluding carboxylic acids is 2. The molecule has 2 amide bonds. The number of halogens is 6. The fourth-order valence-electron chi connectivity index (χ4n) is 2.59. The molecule has 30 heavy (non-hydrogen) atoms. The van der Waals surface area contributed by atoms with Gasteiger partial charge in [0.05, 0.1) is 24.5 Å². The predicted octanol–water partition coefficient (Wildman–Crippen LogP) is 5.21. The first-order valence-electron chi connectivity index (χ1n) is 8.72. The number of hydrogen-bond donors (Lipinski definition) is 2. The zero-order valence-electron chi connectivity index (χ0n) is 15.7. The first-order valence-corrected chi connectivity index (χ1v) is 12.0. The van der Waals surface area contributed by atoms with E-state index in [4.69, 9.17) is 0 Å². The Labute approximate surface area is 213 Å². The standard InChI is InChI=1S/C19H17F3I3N3O2/c1-2-5-28(8-15(29)26-14-4-3-11(20)17(21)18(14)22)9-16(30)27-19-12(24)6-10(23)7-13(19)25/h3-4,6-7H,2,5,8-9H2,1H3,(H,26,29)(H,27,30). The van der Waals surface area contributed by atoms with E-state index >= 15 is 0 Å². The monoisotopic (exact) mass is 757 g/mol. The number of hydrogen-bond acceptors (Lipinski definition) is 3. The summed E-state index contributed by atoms with van der Waals surface area (Å²) in [7, 11) is 0. The van der Waals surface area contributed by atoms with Crippen LogP contribution in [0.4, 0.5) is 24.5 Å². The first-order chi connectivity index (χ1) is 14.1. The summed E-state index contributed by atoms with van der Waals surface area (Å²) in [4.78, 5) is 26.4. The van der Waals surface area contributed by atoms with Crippen LogP contribution in [0.2, 0.25) is 0 Å². The topological polar surface area (TPSA) is 61.4 Å². The van der Waals surface area contributed by atoms with Crippen LogP contribution >= 0.6 is 67.8 Å². The van der Waals surface area contributed by atoms with Crippen molar-refractivity contribution in [1.29, 1.82) is 0 Å². The minimum atomic E-state index is -1.65. The molecule has 0 aliphatic rings. The van der Waals surface area contributed by atoms with Gasteiger partial charge in [0.25, 0.3) is 0 Å². The van der Waals surface area contributed by atoms with Crippen LogP contribution in [0.5, 0.6) is 0 Å². The van der Waals surface area contributed by atoms with Crippen molar-refractivity contribution in [3.05, 3.63) is 52.4 Å². The van der Waals surface area contributed by atoms with Gasteiger partial charge in [-0.25, -0.2) is 13.2 Å². The lowest BCUT2D eigenvalue weighted by Gasteiger charge is -2.21. The zero-order chi connectivity index (χ0) is 22.4. The summed E-state index contributed by atoms with van der Waals surface area (Å²) in [6.45, 7) is 2.07. The number of carbonyl (C=O) groups is 2. The van der Waals surface area contributed by atoms with Crippen molar-refractivity contribution in [3.63, 3.8) is 0 Å². The summed E-state index contributed by atoms with van der Waals surface area (Å²) in [6, 6.07) is 5.55. The van der Waals surface area contributed by atoms with Gasteiger partial charge in [-0.3, -0.25) is 14.5 Å². The second kappa shape index (κ2) is 11.8. The van der Waals surface area contributed by atoms with E-state index in [9.17, 15) is 22.8 Å². The van der Waals surface area contributed by atoms with Gasteiger partial charge >= 0.3 is 0 Å². The number of amides is 2. The number of rotatable bonds is 8. The molecule has 2 aromatic rings. The molecular formula is C19H17F3I3N3O2. The quantitative estimate of drug-likeness (QED) is 0.288. The maximum absolute atomic E-state index is 13.8. The van der Waals surface area contributed by atoms with Crippen LogP contribution in [-0.4, -0.2) is 36.3 Å². The largest absolute Gasteiger partial charge is 0.323 e. The van der Waals surface area contributed by atoms with Gasteiger partial charge in [0.15, 0.2) is 17.5 Å². The molecule has 0 saturated carbocycles. The fraction of sp³-hybridized carbons (Fsp3) is 0.263. The number of nitrogens with zero attached hydrogens (tertiary/aromatic N) is 1. The molecule has 0 radical (unpaired) electrons. The smallest absolute Gasteiger partial charge is 0.238 e. The van der Waals surface area contributed by atoms with Gasteiger partial charge < -0.3 is 10.6 Å². The molecule has 0 aliphatic carbocycles. The Morgan fingerprint density at radius 1 is 0.933 bits per heavy atom.